The highest BCUT2D eigenvalue weighted by Crippen LogP contribution is 2.22. The molecule has 13 heavy (non-hydrogen) atoms. The standard InChI is InChI=1S/C9H10N2O2/c1-2-13-9(12)6-3-7-5-10-11-8(7)4-6/h3,5H,2,4H2,1H3,(H,10,11). The van der Waals surface area contributed by atoms with Crippen LogP contribution in [0, 0.1) is 0 Å². The zero-order valence-corrected chi connectivity index (χ0v) is 7.33. The summed E-state index contributed by atoms with van der Waals surface area (Å²) in [5, 5.41) is 6.70. The molecule has 0 radical (unpaired) electrons. The van der Waals surface area contributed by atoms with Crippen LogP contribution in [-0.4, -0.2) is 22.8 Å². The van der Waals surface area contributed by atoms with Crippen molar-refractivity contribution >= 4 is 12.0 Å². The Morgan fingerprint density at radius 3 is 3.31 bits per heavy atom. The Hall–Kier alpha value is -1.58. The number of aromatic amines is 1. The molecule has 1 aliphatic rings. The topological polar surface area (TPSA) is 55.0 Å². The molecule has 0 unspecified atom stereocenters. The maximum atomic E-state index is 11.3. The smallest absolute Gasteiger partial charge is 0.334 e. The fourth-order valence-electron chi connectivity index (χ4n) is 1.37. The summed E-state index contributed by atoms with van der Waals surface area (Å²) in [7, 11) is 0. The number of fused-ring (bicyclic) bond motifs is 1. The maximum absolute atomic E-state index is 11.3. The van der Waals surface area contributed by atoms with Crippen molar-refractivity contribution in [2.24, 2.45) is 0 Å². The summed E-state index contributed by atoms with van der Waals surface area (Å²) in [6, 6.07) is 0. The summed E-state index contributed by atoms with van der Waals surface area (Å²) >= 11 is 0. The van der Waals surface area contributed by atoms with Gasteiger partial charge < -0.3 is 4.74 Å². The molecular weight excluding hydrogens is 168 g/mol. The average Bonchev–Trinajstić information content (AvgIpc) is 2.61. The Balaban J connectivity index is 2.14. The van der Waals surface area contributed by atoms with Gasteiger partial charge in [0, 0.05) is 23.3 Å². The quantitative estimate of drug-likeness (QED) is 0.685. The number of nitrogens with zero attached hydrogens (tertiary/aromatic N) is 1. The minimum Gasteiger partial charge on any atom is -0.463 e. The number of carbonyl (C=O) groups excluding carboxylic acids is 1. The zero-order chi connectivity index (χ0) is 9.26. The van der Waals surface area contributed by atoms with E-state index in [-0.39, 0.29) is 5.97 Å². The Bertz CT molecular complexity index is 365. The van der Waals surface area contributed by atoms with Gasteiger partial charge in [-0.2, -0.15) is 5.10 Å². The molecule has 0 saturated heterocycles. The molecule has 1 aromatic rings. The lowest BCUT2D eigenvalue weighted by atomic mass is 10.2. The highest BCUT2D eigenvalue weighted by atomic mass is 16.5. The number of carbonyl (C=O) groups is 1. The van der Waals surface area contributed by atoms with Crippen molar-refractivity contribution in [3.63, 3.8) is 0 Å². The van der Waals surface area contributed by atoms with Crippen LogP contribution in [-0.2, 0) is 16.0 Å². The van der Waals surface area contributed by atoms with E-state index >= 15 is 0 Å². The van der Waals surface area contributed by atoms with Crippen molar-refractivity contribution in [2.75, 3.05) is 6.61 Å². The van der Waals surface area contributed by atoms with Gasteiger partial charge in [-0.15, -0.1) is 0 Å². The minimum absolute atomic E-state index is 0.230. The van der Waals surface area contributed by atoms with E-state index in [0.717, 1.165) is 11.3 Å². The van der Waals surface area contributed by atoms with Crippen LogP contribution < -0.4 is 0 Å². The molecule has 1 heterocycles. The van der Waals surface area contributed by atoms with E-state index < -0.39 is 0 Å². The summed E-state index contributed by atoms with van der Waals surface area (Å²) in [5.41, 5.74) is 2.68. The lowest BCUT2D eigenvalue weighted by molar-refractivity contribution is -0.138. The van der Waals surface area contributed by atoms with Gasteiger partial charge in [0.2, 0.25) is 0 Å². The van der Waals surface area contributed by atoms with Gasteiger partial charge in [0.1, 0.15) is 0 Å². The summed E-state index contributed by atoms with van der Waals surface area (Å²) in [4.78, 5) is 11.3. The van der Waals surface area contributed by atoms with Crippen LogP contribution in [0.1, 0.15) is 18.2 Å². The van der Waals surface area contributed by atoms with E-state index in [1.54, 1.807) is 13.1 Å². The van der Waals surface area contributed by atoms with Gasteiger partial charge in [0.25, 0.3) is 0 Å². The van der Waals surface area contributed by atoms with E-state index in [1.165, 1.54) is 0 Å². The molecule has 4 nitrogen and oxygen atoms in total. The van der Waals surface area contributed by atoms with Gasteiger partial charge in [-0.25, -0.2) is 4.79 Å². The van der Waals surface area contributed by atoms with Gasteiger partial charge >= 0.3 is 5.97 Å². The third-order valence-corrected chi connectivity index (χ3v) is 1.99. The Kier molecular flexibility index (Phi) is 1.88. The van der Waals surface area contributed by atoms with Crippen molar-refractivity contribution in [3.05, 3.63) is 23.0 Å². The Morgan fingerprint density at radius 1 is 1.77 bits per heavy atom. The molecule has 0 spiro atoms. The van der Waals surface area contributed by atoms with Crippen LogP contribution in [0.25, 0.3) is 6.08 Å². The molecule has 0 aliphatic heterocycles. The Morgan fingerprint density at radius 2 is 2.62 bits per heavy atom. The van der Waals surface area contributed by atoms with Gasteiger partial charge in [0.15, 0.2) is 0 Å². The molecule has 0 fully saturated rings. The van der Waals surface area contributed by atoms with Crippen molar-refractivity contribution in [1.29, 1.82) is 0 Å². The van der Waals surface area contributed by atoms with Gasteiger partial charge in [0.05, 0.1) is 12.8 Å². The molecule has 2 rings (SSSR count). The summed E-state index contributed by atoms with van der Waals surface area (Å²) in [6.45, 7) is 2.22. The first-order valence-electron chi connectivity index (χ1n) is 4.21. The first kappa shape index (κ1) is 8.04. The van der Waals surface area contributed by atoms with E-state index in [9.17, 15) is 4.79 Å². The summed E-state index contributed by atoms with van der Waals surface area (Å²) in [5.74, 6) is -0.230. The second kappa shape index (κ2) is 3.05. The van der Waals surface area contributed by atoms with Gasteiger partial charge in [-0.1, -0.05) is 0 Å². The van der Waals surface area contributed by atoms with Crippen LogP contribution in [0.5, 0.6) is 0 Å². The summed E-state index contributed by atoms with van der Waals surface area (Å²) in [6.07, 6.45) is 4.13. The zero-order valence-electron chi connectivity index (χ0n) is 7.33. The number of hydrogen-bond acceptors (Lipinski definition) is 3. The fourth-order valence-corrected chi connectivity index (χ4v) is 1.37. The average molecular weight is 178 g/mol. The third-order valence-electron chi connectivity index (χ3n) is 1.99. The Labute approximate surface area is 75.6 Å². The molecule has 0 saturated carbocycles. The number of aromatic nitrogens is 2. The number of H-pyrrole nitrogens is 1. The van der Waals surface area contributed by atoms with Crippen LogP contribution in [0.4, 0.5) is 0 Å². The molecule has 0 bridgehead atoms. The molecule has 68 valence electrons. The van der Waals surface area contributed by atoms with E-state index in [1.807, 2.05) is 6.08 Å². The number of ether oxygens (including phenoxy) is 1. The minimum atomic E-state index is -0.230. The predicted molar refractivity (Wildman–Crippen MR) is 46.9 cm³/mol. The number of esters is 1. The third kappa shape index (κ3) is 1.35. The first-order chi connectivity index (χ1) is 6.31. The highest BCUT2D eigenvalue weighted by molar-refractivity contribution is 5.96. The monoisotopic (exact) mass is 178 g/mol. The van der Waals surface area contributed by atoms with Crippen molar-refractivity contribution < 1.29 is 9.53 Å². The number of hydrogen-bond donors (Lipinski definition) is 1. The van der Waals surface area contributed by atoms with Gasteiger partial charge in [-0.3, -0.25) is 5.10 Å². The normalized spacial score (nSPS) is 13.8. The first-order valence-corrected chi connectivity index (χ1v) is 4.21. The molecule has 0 aromatic carbocycles. The van der Waals surface area contributed by atoms with E-state index in [2.05, 4.69) is 10.2 Å². The van der Waals surface area contributed by atoms with E-state index in [0.29, 0.717) is 18.6 Å². The van der Waals surface area contributed by atoms with Crippen LogP contribution in [0.2, 0.25) is 0 Å². The lowest BCUT2D eigenvalue weighted by Gasteiger charge is -2.00. The molecule has 1 aromatic heterocycles. The van der Waals surface area contributed by atoms with Crippen LogP contribution >= 0.6 is 0 Å². The highest BCUT2D eigenvalue weighted by Gasteiger charge is 2.20. The molecule has 1 N–H and O–H groups in total. The number of nitrogens with one attached hydrogen (secondary N) is 1. The predicted octanol–water partition coefficient (Wildman–Crippen LogP) is 0.912. The lowest BCUT2D eigenvalue weighted by Crippen LogP contribution is -2.07. The second-order valence-corrected chi connectivity index (χ2v) is 2.87. The fraction of sp³-hybridized carbons (Fsp3) is 0.333. The van der Waals surface area contributed by atoms with Crippen LogP contribution in [0.15, 0.2) is 11.8 Å². The molecule has 0 atom stereocenters. The molecule has 1 aliphatic carbocycles. The SMILES string of the molecule is CCOC(=O)C1=Cc2cn[nH]c2C1. The second-order valence-electron chi connectivity index (χ2n) is 2.87. The number of rotatable bonds is 2. The molecule has 4 heteroatoms. The summed E-state index contributed by atoms with van der Waals surface area (Å²) < 4.78 is 4.88. The molecular formula is C9H10N2O2. The molecule has 0 amide bonds. The maximum Gasteiger partial charge on any atom is 0.334 e. The van der Waals surface area contributed by atoms with Crippen molar-refractivity contribution in [1.82, 2.24) is 10.2 Å². The van der Waals surface area contributed by atoms with E-state index in [4.69, 9.17) is 4.74 Å². The van der Waals surface area contributed by atoms with Gasteiger partial charge in [-0.05, 0) is 13.0 Å². The van der Waals surface area contributed by atoms with Crippen molar-refractivity contribution in [2.45, 2.75) is 13.3 Å². The largest absolute Gasteiger partial charge is 0.463 e. The van der Waals surface area contributed by atoms with Crippen LogP contribution in [0.3, 0.4) is 0 Å². The van der Waals surface area contributed by atoms with Crippen molar-refractivity contribution in [3.8, 4) is 0 Å².